The van der Waals surface area contributed by atoms with Crippen LogP contribution in [0.1, 0.15) is 49.9 Å². The van der Waals surface area contributed by atoms with Crippen LogP contribution < -0.4 is 4.80 Å². The predicted molar refractivity (Wildman–Crippen MR) is 142 cm³/mol. The lowest BCUT2D eigenvalue weighted by Crippen LogP contribution is -2.33. The van der Waals surface area contributed by atoms with Crippen molar-refractivity contribution in [3.8, 4) is 0 Å². The molecule has 2 aromatic carbocycles. The number of rotatable bonds is 11. The Kier molecular flexibility index (Phi) is 9.84. The van der Waals surface area contributed by atoms with Crippen LogP contribution in [0.25, 0.3) is 10.2 Å². The van der Waals surface area contributed by atoms with Gasteiger partial charge in [-0.05, 0) is 55.3 Å². The number of carbonyl (C=O) groups excluding carboxylic acids is 2. The zero-order valence-electron chi connectivity index (χ0n) is 20.6. The number of thiazole rings is 1. The number of benzene rings is 2. The van der Waals surface area contributed by atoms with E-state index in [0.29, 0.717) is 28.4 Å². The summed E-state index contributed by atoms with van der Waals surface area (Å²) in [4.78, 5) is 29.6. The van der Waals surface area contributed by atoms with Crippen molar-refractivity contribution in [1.82, 2.24) is 8.87 Å². The molecule has 36 heavy (non-hydrogen) atoms. The fourth-order valence-electron chi connectivity index (χ4n) is 3.57. The Hall–Kier alpha value is -2.53. The summed E-state index contributed by atoms with van der Waals surface area (Å²) in [5.41, 5.74) is 0.935. The van der Waals surface area contributed by atoms with E-state index in [1.165, 1.54) is 47.0 Å². The average Bonchev–Trinajstić information content (AvgIpc) is 3.19. The van der Waals surface area contributed by atoms with Crippen LogP contribution in [-0.4, -0.2) is 49.4 Å². The van der Waals surface area contributed by atoms with E-state index in [4.69, 9.17) is 16.3 Å². The molecule has 8 nitrogen and oxygen atoms in total. The number of ether oxygens (including phenoxy) is 1. The van der Waals surface area contributed by atoms with Gasteiger partial charge in [0, 0.05) is 23.7 Å². The van der Waals surface area contributed by atoms with Gasteiger partial charge in [0.2, 0.25) is 10.0 Å². The standard InChI is InChI=1S/C25H30ClN3O5S2/c1-4-6-14-28(15-7-5-2)36(32,33)20-11-8-18(9-12-20)24(31)27-25-29(17-23(30)34-3)21-13-10-19(26)16-22(21)35-25/h8-13,16H,4-7,14-15,17H2,1-3H3. The largest absolute Gasteiger partial charge is 0.468 e. The smallest absolute Gasteiger partial charge is 0.325 e. The molecule has 0 spiro atoms. The van der Waals surface area contributed by atoms with Gasteiger partial charge in [-0.1, -0.05) is 49.6 Å². The van der Waals surface area contributed by atoms with E-state index in [-0.39, 0.29) is 17.0 Å². The molecule has 0 bridgehead atoms. The summed E-state index contributed by atoms with van der Waals surface area (Å²) in [6.07, 6.45) is 3.36. The number of hydrogen-bond acceptors (Lipinski definition) is 6. The van der Waals surface area contributed by atoms with Crippen LogP contribution in [0.4, 0.5) is 0 Å². The first-order valence-corrected chi connectivity index (χ1v) is 14.4. The van der Waals surface area contributed by atoms with E-state index in [9.17, 15) is 18.0 Å². The van der Waals surface area contributed by atoms with Crippen LogP contribution in [0.2, 0.25) is 5.02 Å². The van der Waals surface area contributed by atoms with Crippen molar-refractivity contribution >= 4 is 55.1 Å². The summed E-state index contributed by atoms with van der Waals surface area (Å²) >= 11 is 7.32. The van der Waals surface area contributed by atoms with Crippen molar-refractivity contribution < 1.29 is 22.7 Å². The highest BCUT2D eigenvalue weighted by Crippen LogP contribution is 2.22. The van der Waals surface area contributed by atoms with E-state index < -0.39 is 21.9 Å². The van der Waals surface area contributed by atoms with E-state index in [1.807, 2.05) is 13.8 Å². The Balaban J connectivity index is 1.93. The number of aromatic nitrogens is 1. The van der Waals surface area contributed by atoms with E-state index in [0.717, 1.165) is 30.4 Å². The molecule has 0 aliphatic rings. The van der Waals surface area contributed by atoms with E-state index >= 15 is 0 Å². The Labute approximate surface area is 220 Å². The molecule has 0 radical (unpaired) electrons. The highest BCUT2D eigenvalue weighted by Gasteiger charge is 2.24. The molecule has 0 saturated heterocycles. The molecular weight excluding hydrogens is 522 g/mol. The van der Waals surface area contributed by atoms with Gasteiger partial charge in [-0.2, -0.15) is 9.30 Å². The average molecular weight is 552 g/mol. The Morgan fingerprint density at radius 1 is 1.06 bits per heavy atom. The maximum Gasteiger partial charge on any atom is 0.325 e. The number of carbonyl (C=O) groups is 2. The van der Waals surface area contributed by atoms with Crippen LogP contribution in [0.5, 0.6) is 0 Å². The number of amides is 1. The predicted octanol–water partition coefficient (Wildman–Crippen LogP) is 4.86. The van der Waals surface area contributed by atoms with E-state index in [1.54, 1.807) is 22.8 Å². The minimum Gasteiger partial charge on any atom is -0.468 e. The maximum atomic E-state index is 13.2. The van der Waals surface area contributed by atoms with Crippen molar-refractivity contribution in [2.75, 3.05) is 20.2 Å². The molecule has 0 aliphatic carbocycles. The quantitative estimate of drug-likeness (QED) is 0.317. The van der Waals surface area contributed by atoms with Crippen LogP contribution >= 0.6 is 22.9 Å². The van der Waals surface area contributed by atoms with Gasteiger partial charge >= 0.3 is 5.97 Å². The van der Waals surface area contributed by atoms with Crippen molar-refractivity contribution in [2.45, 2.75) is 51.0 Å². The van der Waals surface area contributed by atoms with Gasteiger partial charge < -0.3 is 9.30 Å². The first-order valence-electron chi connectivity index (χ1n) is 11.8. The summed E-state index contributed by atoms with van der Waals surface area (Å²) in [6, 6.07) is 11.0. The van der Waals surface area contributed by atoms with Crippen molar-refractivity contribution in [3.05, 3.63) is 57.9 Å². The number of hydrogen-bond donors (Lipinski definition) is 0. The van der Waals surface area contributed by atoms with Gasteiger partial charge in [-0.3, -0.25) is 9.59 Å². The van der Waals surface area contributed by atoms with Crippen molar-refractivity contribution in [1.29, 1.82) is 0 Å². The molecule has 3 rings (SSSR count). The summed E-state index contributed by atoms with van der Waals surface area (Å²) < 4.78 is 35.0. The Morgan fingerprint density at radius 2 is 1.69 bits per heavy atom. The monoisotopic (exact) mass is 551 g/mol. The van der Waals surface area contributed by atoms with Gasteiger partial charge in [0.25, 0.3) is 5.91 Å². The number of methoxy groups -OCH3 is 1. The number of fused-ring (bicyclic) bond motifs is 1. The molecule has 3 aromatic rings. The second-order valence-electron chi connectivity index (χ2n) is 8.21. The molecule has 0 N–H and O–H groups in total. The van der Waals surface area contributed by atoms with Crippen molar-refractivity contribution in [2.24, 2.45) is 4.99 Å². The van der Waals surface area contributed by atoms with Gasteiger partial charge in [0.05, 0.1) is 22.2 Å². The van der Waals surface area contributed by atoms with Crippen LogP contribution in [0.15, 0.2) is 52.4 Å². The summed E-state index contributed by atoms with van der Waals surface area (Å²) in [5, 5.41) is 0.524. The second-order valence-corrected chi connectivity index (χ2v) is 11.6. The van der Waals surface area contributed by atoms with Gasteiger partial charge in [0.15, 0.2) is 4.80 Å². The third-order valence-corrected chi connectivity index (χ3v) is 8.81. The first-order chi connectivity index (χ1) is 17.2. The lowest BCUT2D eigenvalue weighted by molar-refractivity contribution is -0.141. The summed E-state index contributed by atoms with van der Waals surface area (Å²) in [7, 11) is -2.38. The molecule has 11 heteroatoms. The SMILES string of the molecule is CCCCN(CCCC)S(=O)(=O)c1ccc(C(=O)N=c2sc3cc(Cl)ccc3n2CC(=O)OC)cc1. The maximum absolute atomic E-state index is 13.2. The van der Waals surface area contributed by atoms with Crippen LogP contribution in [0, 0.1) is 0 Å². The van der Waals surface area contributed by atoms with Gasteiger partial charge in [-0.15, -0.1) is 0 Å². The third-order valence-electron chi connectivity index (χ3n) is 5.62. The first kappa shape index (κ1) is 28.0. The molecule has 0 aliphatic heterocycles. The number of unbranched alkanes of at least 4 members (excludes halogenated alkanes) is 2. The van der Waals surface area contributed by atoms with Crippen LogP contribution in [0.3, 0.4) is 0 Å². The van der Waals surface area contributed by atoms with Crippen LogP contribution in [-0.2, 0) is 26.1 Å². The molecule has 0 fully saturated rings. The second kappa shape index (κ2) is 12.6. The van der Waals surface area contributed by atoms with E-state index in [2.05, 4.69) is 4.99 Å². The Bertz CT molecular complexity index is 1390. The summed E-state index contributed by atoms with van der Waals surface area (Å²) in [5.74, 6) is -1.03. The fourth-order valence-corrected chi connectivity index (χ4v) is 6.39. The lowest BCUT2D eigenvalue weighted by atomic mass is 10.2. The normalized spacial score (nSPS) is 12.4. The highest BCUT2D eigenvalue weighted by atomic mass is 35.5. The molecule has 0 atom stereocenters. The molecule has 1 heterocycles. The van der Waals surface area contributed by atoms with Gasteiger partial charge in [-0.25, -0.2) is 8.42 Å². The number of nitrogens with zero attached hydrogens (tertiary/aromatic N) is 3. The minimum absolute atomic E-state index is 0.118. The highest BCUT2D eigenvalue weighted by molar-refractivity contribution is 7.89. The summed E-state index contributed by atoms with van der Waals surface area (Å²) in [6.45, 7) is 4.85. The molecule has 0 unspecified atom stereocenters. The molecular formula is C25H30ClN3O5S2. The molecule has 1 amide bonds. The lowest BCUT2D eigenvalue weighted by Gasteiger charge is -2.22. The van der Waals surface area contributed by atoms with Crippen molar-refractivity contribution in [3.63, 3.8) is 0 Å². The zero-order chi connectivity index (χ0) is 26.3. The molecule has 1 aromatic heterocycles. The number of sulfonamides is 1. The number of esters is 1. The number of halogens is 1. The molecule has 0 saturated carbocycles. The van der Waals surface area contributed by atoms with Gasteiger partial charge in [0.1, 0.15) is 6.54 Å². The zero-order valence-corrected chi connectivity index (χ0v) is 23.0. The topological polar surface area (TPSA) is 98.0 Å². The third kappa shape index (κ3) is 6.61. The fraction of sp³-hybridized carbons (Fsp3) is 0.400. The minimum atomic E-state index is -3.67. The Morgan fingerprint density at radius 3 is 2.28 bits per heavy atom. The molecule has 194 valence electrons.